The maximum atomic E-state index is 13.2. The normalized spacial score (nSPS) is 11.7. The van der Waals surface area contributed by atoms with Gasteiger partial charge in [-0.05, 0) is 54.4 Å². The second-order valence-electron chi connectivity index (χ2n) is 7.78. The molecule has 0 radical (unpaired) electrons. The molecule has 5 rings (SSSR count). The van der Waals surface area contributed by atoms with Crippen molar-refractivity contribution in [1.82, 2.24) is 14.7 Å². The van der Waals surface area contributed by atoms with E-state index in [1.54, 1.807) is 24.4 Å². The Morgan fingerprint density at radius 3 is 2.29 bits per heavy atom. The van der Waals surface area contributed by atoms with Crippen molar-refractivity contribution in [3.63, 3.8) is 0 Å². The van der Waals surface area contributed by atoms with Gasteiger partial charge in [-0.3, -0.25) is 9.36 Å². The van der Waals surface area contributed by atoms with Gasteiger partial charge in [0.2, 0.25) is 5.82 Å². The fourth-order valence-electron chi connectivity index (χ4n) is 3.80. The maximum absolute atomic E-state index is 13.2. The van der Waals surface area contributed by atoms with Crippen LogP contribution in [0, 0.1) is 0 Å². The molecule has 0 aliphatic rings. The molecule has 2 aromatic heterocycles. The summed E-state index contributed by atoms with van der Waals surface area (Å²) in [6.45, 7) is 2.05. The highest BCUT2D eigenvalue weighted by Gasteiger charge is 2.31. The number of ether oxygens (including phenoxy) is 1. The Kier molecular flexibility index (Phi) is 5.60. The first-order chi connectivity index (χ1) is 16.8. The fourth-order valence-corrected chi connectivity index (χ4v) is 3.80. The minimum Gasteiger partial charge on any atom is -0.406 e. The second kappa shape index (κ2) is 8.75. The standard InChI is InChI=1S/C26H18F3N3O3/c1-2-16-7-11-18(12-8-16)32-15-22(20-5-3-4-6-21(20)25(32)33)24-30-23(31-35-24)17-9-13-19(14-10-17)34-26(27,28)29/h3-15H,2H2,1H3. The van der Waals surface area contributed by atoms with Gasteiger partial charge >= 0.3 is 6.36 Å². The van der Waals surface area contributed by atoms with Gasteiger partial charge in [-0.25, -0.2) is 0 Å². The highest BCUT2D eigenvalue weighted by Crippen LogP contribution is 2.30. The van der Waals surface area contributed by atoms with Crippen molar-refractivity contribution in [2.45, 2.75) is 19.7 Å². The van der Waals surface area contributed by atoms with Crippen molar-refractivity contribution in [3.8, 4) is 34.3 Å². The number of fused-ring (bicyclic) bond motifs is 1. The number of aromatic nitrogens is 3. The summed E-state index contributed by atoms with van der Waals surface area (Å²) in [5.74, 6) is 0.00978. The third-order valence-electron chi connectivity index (χ3n) is 5.55. The predicted octanol–water partition coefficient (Wildman–Crippen LogP) is 6.17. The lowest BCUT2D eigenvalue weighted by atomic mass is 10.1. The Bertz CT molecular complexity index is 1550. The van der Waals surface area contributed by atoms with Crippen molar-refractivity contribution in [2.75, 3.05) is 0 Å². The van der Waals surface area contributed by atoms with E-state index in [1.807, 2.05) is 30.3 Å². The molecule has 0 amide bonds. The molecule has 0 bridgehead atoms. The molecule has 0 aliphatic carbocycles. The van der Waals surface area contributed by atoms with Gasteiger partial charge in [-0.1, -0.05) is 42.4 Å². The van der Waals surface area contributed by atoms with Crippen LogP contribution in [0.2, 0.25) is 0 Å². The number of rotatable bonds is 5. The predicted molar refractivity (Wildman–Crippen MR) is 124 cm³/mol. The zero-order valence-corrected chi connectivity index (χ0v) is 18.4. The lowest BCUT2D eigenvalue weighted by molar-refractivity contribution is -0.274. The fraction of sp³-hybridized carbons (Fsp3) is 0.115. The number of pyridine rings is 1. The number of benzene rings is 3. The van der Waals surface area contributed by atoms with Gasteiger partial charge in [0.1, 0.15) is 5.75 Å². The van der Waals surface area contributed by atoms with Crippen LogP contribution in [0.15, 0.2) is 88.3 Å². The first-order valence-electron chi connectivity index (χ1n) is 10.8. The Hall–Kier alpha value is -4.40. The van der Waals surface area contributed by atoms with Crippen LogP contribution < -0.4 is 10.3 Å². The molecule has 0 atom stereocenters. The Labute approximate surface area is 197 Å². The van der Waals surface area contributed by atoms with E-state index >= 15 is 0 Å². The summed E-state index contributed by atoms with van der Waals surface area (Å²) in [4.78, 5) is 17.7. The molecule has 2 heterocycles. The lowest BCUT2D eigenvalue weighted by Crippen LogP contribution is -2.18. The number of alkyl halides is 3. The van der Waals surface area contributed by atoms with E-state index in [0.29, 0.717) is 27.6 Å². The van der Waals surface area contributed by atoms with Gasteiger partial charge in [0.15, 0.2) is 0 Å². The zero-order valence-electron chi connectivity index (χ0n) is 18.4. The van der Waals surface area contributed by atoms with E-state index in [4.69, 9.17) is 4.52 Å². The first-order valence-corrected chi connectivity index (χ1v) is 10.8. The molecule has 35 heavy (non-hydrogen) atoms. The van der Waals surface area contributed by atoms with Crippen LogP contribution in [0.3, 0.4) is 0 Å². The summed E-state index contributed by atoms with van der Waals surface area (Å²) in [6, 6.07) is 20.0. The molecule has 3 aromatic carbocycles. The Balaban J connectivity index is 1.57. The molecule has 176 valence electrons. The van der Waals surface area contributed by atoms with Crippen molar-refractivity contribution >= 4 is 10.8 Å². The highest BCUT2D eigenvalue weighted by molar-refractivity contribution is 5.94. The molecule has 0 saturated heterocycles. The van der Waals surface area contributed by atoms with E-state index < -0.39 is 6.36 Å². The SMILES string of the molecule is CCc1ccc(-n2cc(-c3nc(-c4ccc(OC(F)(F)F)cc4)no3)c3ccccc3c2=O)cc1. The summed E-state index contributed by atoms with van der Waals surface area (Å²) < 4.78 is 48.2. The molecular weight excluding hydrogens is 459 g/mol. The van der Waals surface area contributed by atoms with Gasteiger partial charge in [0.05, 0.1) is 5.56 Å². The molecule has 0 aliphatic heterocycles. The van der Waals surface area contributed by atoms with Crippen molar-refractivity contribution in [3.05, 3.63) is 94.9 Å². The minimum atomic E-state index is -4.78. The van der Waals surface area contributed by atoms with Crippen LogP contribution in [0.5, 0.6) is 5.75 Å². The van der Waals surface area contributed by atoms with E-state index in [2.05, 4.69) is 21.8 Å². The summed E-state index contributed by atoms with van der Waals surface area (Å²) in [7, 11) is 0. The topological polar surface area (TPSA) is 70.2 Å². The van der Waals surface area contributed by atoms with Gasteiger partial charge in [0.25, 0.3) is 11.4 Å². The average molecular weight is 477 g/mol. The number of nitrogens with zero attached hydrogens (tertiary/aromatic N) is 3. The van der Waals surface area contributed by atoms with Gasteiger partial charge in [-0.15, -0.1) is 13.2 Å². The average Bonchev–Trinajstić information content (AvgIpc) is 3.34. The van der Waals surface area contributed by atoms with Crippen molar-refractivity contribution in [2.24, 2.45) is 0 Å². The number of halogens is 3. The molecule has 0 N–H and O–H groups in total. The first kappa shape index (κ1) is 22.4. The summed E-state index contributed by atoms with van der Waals surface area (Å²) >= 11 is 0. The molecule has 9 heteroatoms. The zero-order chi connectivity index (χ0) is 24.6. The third kappa shape index (κ3) is 4.52. The third-order valence-corrected chi connectivity index (χ3v) is 5.55. The number of hydrogen-bond donors (Lipinski definition) is 0. The van der Waals surface area contributed by atoms with Gasteiger partial charge in [-0.2, -0.15) is 4.98 Å². The molecule has 0 fully saturated rings. The summed E-state index contributed by atoms with van der Waals surface area (Å²) in [5, 5.41) is 5.11. The van der Waals surface area contributed by atoms with Crippen LogP contribution in [-0.4, -0.2) is 21.1 Å². The molecule has 0 spiro atoms. The Morgan fingerprint density at radius 2 is 1.63 bits per heavy atom. The molecule has 6 nitrogen and oxygen atoms in total. The van der Waals surface area contributed by atoms with Gasteiger partial charge in [0, 0.05) is 28.2 Å². The van der Waals surface area contributed by atoms with Crippen LogP contribution in [0.1, 0.15) is 12.5 Å². The molecular formula is C26H18F3N3O3. The largest absolute Gasteiger partial charge is 0.573 e. The monoisotopic (exact) mass is 477 g/mol. The summed E-state index contributed by atoms with van der Waals surface area (Å²) in [6.07, 6.45) is -2.24. The minimum absolute atomic E-state index is 0.172. The van der Waals surface area contributed by atoms with Crippen LogP contribution >= 0.6 is 0 Å². The van der Waals surface area contributed by atoms with E-state index in [-0.39, 0.29) is 23.0 Å². The molecule has 0 unspecified atom stereocenters. The van der Waals surface area contributed by atoms with E-state index in [0.717, 1.165) is 12.0 Å². The van der Waals surface area contributed by atoms with E-state index in [9.17, 15) is 18.0 Å². The van der Waals surface area contributed by atoms with Gasteiger partial charge < -0.3 is 9.26 Å². The maximum Gasteiger partial charge on any atom is 0.573 e. The Morgan fingerprint density at radius 1 is 0.943 bits per heavy atom. The molecule has 0 saturated carbocycles. The van der Waals surface area contributed by atoms with Crippen molar-refractivity contribution in [1.29, 1.82) is 0 Å². The second-order valence-corrected chi connectivity index (χ2v) is 7.78. The van der Waals surface area contributed by atoms with Crippen LogP contribution in [0.25, 0.3) is 39.3 Å². The smallest absolute Gasteiger partial charge is 0.406 e. The lowest BCUT2D eigenvalue weighted by Gasteiger charge is -2.11. The van der Waals surface area contributed by atoms with Crippen molar-refractivity contribution < 1.29 is 22.4 Å². The molecule has 5 aromatic rings. The van der Waals surface area contributed by atoms with Crippen LogP contribution in [0.4, 0.5) is 13.2 Å². The van der Waals surface area contributed by atoms with Crippen LogP contribution in [-0.2, 0) is 6.42 Å². The highest BCUT2D eigenvalue weighted by atomic mass is 19.4. The summed E-state index contributed by atoms with van der Waals surface area (Å²) in [5.41, 5.74) is 2.65. The number of hydrogen-bond acceptors (Lipinski definition) is 5. The number of aryl methyl sites for hydroxylation is 1. The van der Waals surface area contributed by atoms with E-state index in [1.165, 1.54) is 28.8 Å². The quantitative estimate of drug-likeness (QED) is 0.303.